The number of benzene rings is 1. The zero-order valence-electron chi connectivity index (χ0n) is 19.0. The van der Waals surface area contributed by atoms with Crippen LogP contribution < -0.4 is 15.5 Å². The molecule has 1 fully saturated rings. The van der Waals surface area contributed by atoms with E-state index in [9.17, 15) is 0 Å². The van der Waals surface area contributed by atoms with E-state index in [1.807, 2.05) is 14.0 Å². The lowest BCUT2D eigenvalue weighted by atomic mass is 10.1. The molecule has 1 aliphatic rings. The zero-order valence-corrected chi connectivity index (χ0v) is 21.3. The summed E-state index contributed by atoms with van der Waals surface area (Å²) in [6.07, 6.45) is 2.59. The molecule has 0 saturated carbocycles. The van der Waals surface area contributed by atoms with Crippen LogP contribution in [0.2, 0.25) is 0 Å². The van der Waals surface area contributed by atoms with E-state index < -0.39 is 0 Å². The van der Waals surface area contributed by atoms with Crippen molar-refractivity contribution in [3.8, 4) is 0 Å². The first-order valence-electron chi connectivity index (χ1n) is 10.8. The van der Waals surface area contributed by atoms with Crippen LogP contribution in [0.15, 0.2) is 35.3 Å². The largest absolute Gasteiger partial charge is 0.372 e. The first-order valence-corrected chi connectivity index (χ1v) is 10.8. The van der Waals surface area contributed by atoms with Crippen molar-refractivity contribution in [1.29, 1.82) is 0 Å². The summed E-state index contributed by atoms with van der Waals surface area (Å²) in [6, 6.07) is 11.2. The first-order chi connectivity index (χ1) is 14.0. The Morgan fingerprint density at radius 2 is 1.90 bits per heavy atom. The van der Waals surface area contributed by atoms with Crippen molar-refractivity contribution in [2.75, 3.05) is 31.6 Å². The highest BCUT2D eigenvalue weighted by Crippen LogP contribution is 2.23. The highest BCUT2D eigenvalue weighted by molar-refractivity contribution is 14.0. The highest BCUT2D eigenvalue weighted by atomic mass is 127. The molecule has 166 valence electrons. The molecule has 2 unspecified atom stereocenters. The molecule has 1 saturated heterocycles. The van der Waals surface area contributed by atoms with Crippen LogP contribution in [0.3, 0.4) is 0 Å². The molecule has 2 N–H and O–H groups in total. The number of nitrogens with one attached hydrogen (secondary N) is 2. The summed E-state index contributed by atoms with van der Waals surface area (Å²) < 4.78 is 2.09. The molecule has 2 heterocycles. The van der Waals surface area contributed by atoms with E-state index in [0.717, 1.165) is 24.7 Å². The van der Waals surface area contributed by atoms with Crippen molar-refractivity contribution in [3.05, 3.63) is 47.3 Å². The monoisotopic (exact) mass is 524 g/mol. The molecular formula is C23H37IN6. The second-order valence-electron chi connectivity index (χ2n) is 8.32. The van der Waals surface area contributed by atoms with Gasteiger partial charge in [-0.15, -0.1) is 24.0 Å². The lowest BCUT2D eigenvalue weighted by molar-refractivity contribution is 0.435. The van der Waals surface area contributed by atoms with E-state index >= 15 is 0 Å². The number of aliphatic imine (C=N–C) groups is 1. The molecule has 2 atom stereocenters. The number of anilines is 1. The summed E-state index contributed by atoms with van der Waals surface area (Å²) >= 11 is 0. The minimum absolute atomic E-state index is 0. The average Bonchev–Trinajstić information content (AvgIpc) is 3.35. The summed E-state index contributed by atoms with van der Waals surface area (Å²) in [5.41, 5.74) is 4.90. The third-order valence-electron chi connectivity index (χ3n) is 5.62. The Morgan fingerprint density at radius 3 is 2.53 bits per heavy atom. The van der Waals surface area contributed by atoms with Gasteiger partial charge in [0.05, 0.1) is 11.7 Å². The molecule has 30 heavy (non-hydrogen) atoms. The van der Waals surface area contributed by atoms with Crippen LogP contribution in [-0.2, 0) is 6.54 Å². The Kier molecular flexibility index (Phi) is 9.45. The van der Waals surface area contributed by atoms with Crippen molar-refractivity contribution in [2.24, 2.45) is 10.9 Å². The maximum Gasteiger partial charge on any atom is 0.191 e. The average molecular weight is 524 g/mol. The van der Waals surface area contributed by atoms with Crippen LogP contribution in [0.1, 0.15) is 49.7 Å². The molecule has 1 aromatic carbocycles. The van der Waals surface area contributed by atoms with Crippen LogP contribution in [0, 0.1) is 19.8 Å². The van der Waals surface area contributed by atoms with Crippen LogP contribution in [0.4, 0.5) is 5.69 Å². The van der Waals surface area contributed by atoms with Crippen molar-refractivity contribution in [1.82, 2.24) is 20.4 Å². The first kappa shape index (κ1) is 24.5. The lowest BCUT2D eigenvalue weighted by Crippen LogP contribution is -2.41. The fraction of sp³-hybridized carbons (Fsp3) is 0.565. The fourth-order valence-corrected chi connectivity index (χ4v) is 3.94. The second kappa shape index (κ2) is 11.6. The zero-order chi connectivity index (χ0) is 20.8. The molecule has 1 aliphatic heterocycles. The summed E-state index contributed by atoms with van der Waals surface area (Å²) in [5.74, 6) is 1.28. The summed E-state index contributed by atoms with van der Waals surface area (Å²) in [4.78, 5) is 6.89. The molecule has 0 spiro atoms. The number of aryl methyl sites for hydroxylation is 2. The van der Waals surface area contributed by atoms with Gasteiger partial charge in [0, 0.05) is 44.6 Å². The predicted molar refractivity (Wildman–Crippen MR) is 137 cm³/mol. The third-order valence-corrected chi connectivity index (χ3v) is 5.62. The van der Waals surface area contributed by atoms with E-state index in [4.69, 9.17) is 0 Å². The van der Waals surface area contributed by atoms with E-state index in [2.05, 4.69) is 81.4 Å². The van der Waals surface area contributed by atoms with E-state index in [0.29, 0.717) is 5.92 Å². The summed E-state index contributed by atoms with van der Waals surface area (Å²) in [6.45, 7) is 12.7. The number of halogens is 1. The lowest BCUT2D eigenvalue weighted by Gasteiger charge is -2.23. The van der Waals surface area contributed by atoms with Gasteiger partial charge in [-0.25, -0.2) is 0 Å². The Labute approximate surface area is 198 Å². The standard InChI is InChI=1S/C23H36N6.HI/c1-17(16-29-19(3)13-18(2)27-29)15-25-23(24-5)26-20(4)21-9-8-10-22(14-21)28-11-6-7-12-28;/h8-10,13-14,17,20H,6-7,11-12,15-16H2,1-5H3,(H2,24,25,26);1H. The second-order valence-corrected chi connectivity index (χ2v) is 8.32. The van der Waals surface area contributed by atoms with Gasteiger partial charge < -0.3 is 15.5 Å². The van der Waals surface area contributed by atoms with Crippen molar-refractivity contribution in [3.63, 3.8) is 0 Å². The van der Waals surface area contributed by atoms with Gasteiger partial charge in [-0.2, -0.15) is 5.10 Å². The number of rotatable bonds is 7. The molecule has 7 heteroatoms. The summed E-state index contributed by atoms with van der Waals surface area (Å²) in [5, 5.41) is 11.6. The van der Waals surface area contributed by atoms with Crippen LogP contribution in [0.25, 0.3) is 0 Å². The Morgan fingerprint density at radius 1 is 1.17 bits per heavy atom. The molecule has 0 bridgehead atoms. The molecule has 1 aromatic heterocycles. The SMILES string of the molecule is CN=C(NCC(C)Cn1nc(C)cc1C)NC(C)c1cccc(N2CCCC2)c1.I. The quantitative estimate of drug-likeness (QED) is 0.323. The van der Waals surface area contributed by atoms with Gasteiger partial charge >= 0.3 is 0 Å². The molecular weight excluding hydrogens is 487 g/mol. The van der Waals surface area contributed by atoms with Gasteiger partial charge in [0.2, 0.25) is 0 Å². The molecule has 0 amide bonds. The minimum Gasteiger partial charge on any atom is -0.372 e. The Bertz CT molecular complexity index is 825. The van der Waals surface area contributed by atoms with Crippen LogP contribution >= 0.6 is 24.0 Å². The number of nitrogens with zero attached hydrogens (tertiary/aromatic N) is 4. The number of aromatic nitrogens is 2. The third kappa shape index (κ3) is 6.62. The normalized spacial score (nSPS) is 16.2. The van der Waals surface area contributed by atoms with Gasteiger partial charge in [-0.3, -0.25) is 9.67 Å². The topological polar surface area (TPSA) is 57.5 Å². The molecule has 0 aliphatic carbocycles. The molecule has 0 radical (unpaired) electrons. The molecule has 6 nitrogen and oxygen atoms in total. The van der Waals surface area contributed by atoms with Crippen LogP contribution in [-0.4, -0.2) is 42.4 Å². The van der Waals surface area contributed by atoms with Gasteiger partial charge in [0.15, 0.2) is 5.96 Å². The number of guanidine groups is 1. The molecule has 3 rings (SSSR count). The Balaban J connectivity index is 0.00000320. The summed E-state index contributed by atoms with van der Waals surface area (Å²) in [7, 11) is 1.83. The highest BCUT2D eigenvalue weighted by Gasteiger charge is 2.15. The van der Waals surface area contributed by atoms with Gasteiger partial charge in [0.25, 0.3) is 0 Å². The smallest absolute Gasteiger partial charge is 0.191 e. The van der Waals surface area contributed by atoms with Gasteiger partial charge in [-0.1, -0.05) is 19.1 Å². The maximum absolute atomic E-state index is 4.57. The Hall–Kier alpha value is -1.77. The molecule has 2 aromatic rings. The number of hydrogen-bond acceptors (Lipinski definition) is 3. The predicted octanol–water partition coefficient (Wildman–Crippen LogP) is 4.28. The van der Waals surface area contributed by atoms with Crippen LogP contribution in [0.5, 0.6) is 0 Å². The van der Waals surface area contributed by atoms with E-state index in [-0.39, 0.29) is 30.0 Å². The van der Waals surface area contributed by atoms with E-state index in [1.165, 1.54) is 42.9 Å². The fourth-order valence-electron chi connectivity index (χ4n) is 3.94. The number of hydrogen-bond donors (Lipinski definition) is 2. The maximum atomic E-state index is 4.57. The minimum atomic E-state index is 0. The van der Waals surface area contributed by atoms with Crippen molar-refractivity contribution < 1.29 is 0 Å². The van der Waals surface area contributed by atoms with Gasteiger partial charge in [0.1, 0.15) is 0 Å². The van der Waals surface area contributed by atoms with Crippen molar-refractivity contribution >= 4 is 35.6 Å². The van der Waals surface area contributed by atoms with Gasteiger partial charge in [-0.05, 0) is 63.3 Å². The van der Waals surface area contributed by atoms with E-state index in [1.54, 1.807) is 0 Å². The van der Waals surface area contributed by atoms with Crippen molar-refractivity contribution in [2.45, 2.75) is 53.1 Å².